The molecule has 3 amide bonds. The Bertz CT molecular complexity index is 290. The maximum absolute atomic E-state index is 11.5. The molecule has 2 N–H and O–H groups in total. The van der Waals surface area contributed by atoms with Crippen LogP contribution in [0, 0.1) is 0 Å². The van der Waals surface area contributed by atoms with Gasteiger partial charge in [-0.15, -0.1) is 0 Å². The number of hydrogen-bond donors (Lipinski definition) is 2. The normalized spacial score (nSPS) is 39.7. The number of amides is 3. The molecule has 82 valence electrons. The lowest BCUT2D eigenvalue weighted by Gasteiger charge is -2.33. The number of piperidine rings is 1. The van der Waals surface area contributed by atoms with E-state index in [1.54, 1.807) is 0 Å². The number of nitrogens with zero attached hydrogens (tertiary/aromatic N) is 1. The summed E-state index contributed by atoms with van der Waals surface area (Å²) in [6, 6.07) is 0.940. The quantitative estimate of drug-likeness (QED) is 0.589. The lowest BCUT2D eigenvalue weighted by Crippen LogP contribution is -2.50. The summed E-state index contributed by atoms with van der Waals surface area (Å²) in [7, 11) is 0. The van der Waals surface area contributed by atoms with Gasteiger partial charge in [-0.05, 0) is 25.7 Å². The van der Waals surface area contributed by atoms with Crippen LogP contribution in [0.1, 0.15) is 25.7 Å². The van der Waals surface area contributed by atoms with Gasteiger partial charge in [0, 0.05) is 18.1 Å². The highest BCUT2D eigenvalue weighted by atomic mass is 16.2. The van der Waals surface area contributed by atoms with E-state index in [2.05, 4.69) is 10.6 Å². The molecule has 0 aromatic heterocycles. The zero-order chi connectivity index (χ0) is 10.4. The smallest absolute Gasteiger partial charge is 0.324 e. The Kier molecular flexibility index (Phi) is 1.95. The zero-order valence-electron chi connectivity index (χ0n) is 8.53. The van der Waals surface area contributed by atoms with Gasteiger partial charge in [-0.3, -0.25) is 9.69 Å². The number of rotatable bonds is 1. The van der Waals surface area contributed by atoms with Gasteiger partial charge in [-0.25, -0.2) is 4.79 Å². The molecule has 3 saturated heterocycles. The lowest BCUT2D eigenvalue weighted by atomic mass is 9.98. The van der Waals surface area contributed by atoms with Crippen LogP contribution in [0.5, 0.6) is 0 Å². The number of hydrogen-bond acceptors (Lipinski definition) is 3. The Balaban J connectivity index is 1.77. The number of urea groups is 1. The van der Waals surface area contributed by atoms with Crippen molar-refractivity contribution in [2.45, 2.75) is 43.8 Å². The van der Waals surface area contributed by atoms with Crippen LogP contribution in [0.25, 0.3) is 0 Å². The molecule has 3 fully saturated rings. The number of imide groups is 1. The molecule has 0 aromatic rings. The fourth-order valence-electron chi connectivity index (χ4n) is 3.04. The molecule has 3 heterocycles. The minimum atomic E-state index is -0.202. The van der Waals surface area contributed by atoms with E-state index in [4.69, 9.17) is 0 Å². The molecule has 3 rings (SSSR count). The molecule has 2 unspecified atom stereocenters. The van der Waals surface area contributed by atoms with Crippen LogP contribution < -0.4 is 10.6 Å². The first-order chi connectivity index (χ1) is 7.24. The van der Waals surface area contributed by atoms with E-state index in [1.165, 1.54) is 17.7 Å². The first-order valence-electron chi connectivity index (χ1n) is 5.60. The molecule has 5 heteroatoms. The highest BCUT2D eigenvalue weighted by molar-refractivity contribution is 6.02. The molecule has 0 spiro atoms. The molecule has 3 aliphatic heterocycles. The van der Waals surface area contributed by atoms with Crippen molar-refractivity contribution in [1.29, 1.82) is 0 Å². The zero-order valence-corrected chi connectivity index (χ0v) is 8.53. The van der Waals surface area contributed by atoms with Crippen molar-refractivity contribution >= 4 is 11.9 Å². The molecule has 3 aliphatic rings. The summed E-state index contributed by atoms with van der Waals surface area (Å²) in [5.41, 5.74) is 0. The third-order valence-corrected chi connectivity index (χ3v) is 3.69. The minimum absolute atomic E-state index is 0.0636. The van der Waals surface area contributed by atoms with Gasteiger partial charge in [-0.2, -0.15) is 0 Å². The van der Waals surface area contributed by atoms with Crippen LogP contribution in [0.4, 0.5) is 4.79 Å². The van der Waals surface area contributed by atoms with Crippen LogP contribution in [-0.2, 0) is 4.79 Å². The number of carbonyl (C=O) groups is 2. The van der Waals surface area contributed by atoms with Gasteiger partial charge in [0.1, 0.15) is 0 Å². The molecule has 5 nitrogen and oxygen atoms in total. The summed E-state index contributed by atoms with van der Waals surface area (Å²) in [6.45, 7) is 0.179. The monoisotopic (exact) mass is 209 g/mol. The summed E-state index contributed by atoms with van der Waals surface area (Å²) in [6.07, 6.45) is 4.22. The Hall–Kier alpha value is -1.10. The van der Waals surface area contributed by atoms with Gasteiger partial charge >= 0.3 is 6.03 Å². The maximum atomic E-state index is 11.5. The molecule has 2 atom stereocenters. The lowest BCUT2D eigenvalue weighted by molar-refractivity contribution is -0.127. The third-order valence-electron chi connectivity index (χ3n) is 3.69. The molecular weight excluding hydrogens is 194 g/mol. The first kappa shape index (κ1) is 9.15. The Morgan fingerprint density at radius 2 is 1.80 bits per heavy atom. The van der Waals surface area contributed by atoms with Gasteiger partial charge < -0.3 is 10.6 Å². The van der Waals surface area contributed by atoms with Crippen LogP contribution in [-0.4, -0.2) is 41.5 Å². The number of nitrogens with one attached hydrogen (secondary N) is 2. The van der Waals surface area contributed by atoms with Crippen molar-refractivity contribution < 1.29 is 9.59 Å². The van der Waals surface area contributed by atoms with Crippen molar-refractivity contribution in [3.63, 3.8) is 0 Å². The summed E-state index contributed by atoms with van der Waals surface area (Å²) in [5.74, 6) is -0.0636. The van der Waals surface area contributed by atoms with E-state index in [1.807, 2.05) is 0 Å². The third kappa shape index (κ3) is 1.42. The number of fused-ring (bicyclic) bond motifs is 2. The van der Waals surface area contributed by atoms with Crippen LogP contribution in [0.15, 0.2) is 0 Å². The van der Waals surface area contributed by atoms with E-state index in [-0.39, 0.29) is 24.5 Å². The van der Waals surface area contributed by atoms with Crippen LogP contribution in [0.2, 0.25) is 0 Å². The highest BCUT2D eigenvalue weighted by Crippen LogP contribution is 2.30. The summed E-state index contributed by atoms with van der Waals surface area (Å²) >= 11 is 0. The second-order valence-electron chi connectivity index (χ2n) is 4.69. The van der Waals surface area contributed by atoms with Gasteiger partial charge in [0.2, 0.25) is 5.91 Å². The van der Waals surface area contributed by atoms with E-state index >= 15 is 0 Å². The SMILES string of the molecule is O=C1CNC(=O)N1C1CC2CCC(C1)N2. The number of carbonyl (C=O) groups excluding carboxylic acids is 2. The highest BCUT2D eigenvalue weighted by Gasteiger charge is 2.42. The summed E-state index contributed by atoms with van der Waals surface area (Å²) in [4.78, 5) is 24.5. The van der Waals surface area contributed by atoms with E-state index in [9.17, 15) is 9.59 Å². The van der Waals surface area contributed by atoms with E-state index in [0.717, 1.165) is 12.8 Å². The fourth-order valence-corrected chi connectivity index (χ4v) is 3.04. The standard InChI is InChI=1S/C10H15N3O2/c14-9-5-11-10(15)13(9)8-3-6-1-2-7(4-8)12-6/h6-8,12H,1-5H2,(H,11,15). The van der Waals surface area contributed by atoms with Crippen molar-refractivity contribution in [2.24, 2.45) is 0 Å². The Morgan fingerprint density at radius 3 is 2.33 bits per heavy atom. The van der Waals surface area contributed by atoms with Crippen LogP contribution >= 0.6 is 0 Å². The fraction of sp³-hybridized carbons (Fsp3) is 0.800. The van der Waals surface area contributed by atoms with Crippen molar-refractivity contribution in [3.8, 4) is 0 Å². The van der Waals surface area contributed by atoms with Crippen molar-refractivity contribution in [3.05, 3.63) is 0 Å². The second-order valence-corrected chi connectivity index (χ2v) is 4.69. The Labute approximate surface area is 88.2 Å². The Morgan fingerprint density at radius 1 is 1.13 bits per heavy atom. The maximum Gasteiger partial charge on any atom is 0.324 e. The van der Waals surface area contributed by atoms with Crippen molar-refractivity contribution in [1.82, 2.24) is 15.5 Å². The van der Waals surface area contributed by atoms with E-state index in [0.29, 0.717) is 12.1 Å². The van der Waals surface area contributed by atoms with Gasteiger partial charge in [0.15, 0.2) is 0 Å². The van der Waals surface area contributed by atoms with Gasteiger partial charge in [-0.1, -0.05) is 0 Å². The first-order valence-corrected chi connectivity index (χ1v) is 5.60. The molecule has 0 aromatic carbocycles. The average molecular weight is 209 g/mol. The molecule has 0 saturated carbocycles. The topological polar surface area (TPSA) is 61.4 Å². The van der Waals surface area contributed by atoms with Gasteiger partial charge in [0.25, 0.3) is 0 Å². The van der Waals surface area contributed by atoms with Crippen molar-refractivity contribution in [2.75, 3.05) is 6.54 Å². The minimum Gasteiger partial charge on any atom is -0.329 e. The molecule has 0 aliphatic carbocycles. The van der Waals surface area contributed by atoms with Gasteiger partial charge in [0.05, 0.1) is 6.54 Å². The largest absolute Gasteiger partial charge is 0.329 e. The molecule has 0 radical (unpaired) electrons. The predicted molar refractivity (Wildman–Crippen MR) is 53.2 cm³/mol. The summed E-state index contributed by atoms with van der Waals surface area (Å²) in [5, 5.41) is 6.09. The molecule has 15 heavy (non-hydrogen) atoms. The molecular formula is C10H15N3O2. The molecule has 2 bridgehead atoms. The summed E-state index contributed by atoms with van der Waals surface area (Å²) < 4.78 is 0. The van der Waals surface area contributed by atoms with Crippen LogP contribution in [0.3, 0.4) is 0 Å². The predicted octanol–water partition coefficient (Wildman–Crippen LogP) is -0.179. The average Bonchev–Trinajstić information content (AvgIpc) is 2.71. The second kappa shape index (κ2) is 3.20. The van der Waals surface area contributed by atoms with E-state index < -0.39 is 0 Å².